The summed E-state index contributed by atoms with van der Waals surface area (Å²) in [7, 11) is 12.0. The van der Waals surface area contributed by atoms with Crippen molar-refractivity contribution in [2.75, 3.05) is 19.8 Å². The van der Waals surface area contributed by atoms with Gasteiger partial charge in [0.2, 0.25) is 7.37 Å². The van der Waals surface area contributed by atoms with Gasteiger partial charge >= 0.3 is 0 Å². The van der Waals surface area contributed by atoms with E-state index < -0.39 is 29.9 Å². The summed E-state index contributed by atoms with van der Waals surface area (Å²) in [4.78, 5) is 0. The molecule has 0 aromatic heterocycles. The van der Waals surface area contributed by atoms with Gasteiger partial charge in [-0.3, -0.25) is 0 Å². The molecule has 1 aliphatic rings. The average Bonchev–Trinajstić information content (AvgIpc) is 2.69. The molecular formula is C12H22B3O6. The van der Waals surface area contributed by atoms with Crippen LogP contribution in [-0.2, 0) is 18.9 Å². The molecule has 0 aromatic carbocycles. The highest BCUT2D eigenvalue weighted by Gasteiger charge is 2.42. The first-order valence-electron chi connectivity index (χ1n) is 6.95. The van der Waals surface area contributed by atoms with E-state index in [0.717, 1.165) is 7.37 Å². The Labute approximate surface area is 129 Å². The molecule has 0 saturated carbocycles. The molecule has 1 heterocycles. The van der Waals surface area contributed by atoms with Gasteiger partial charge in [-0.2, -0.15) is 0 Å². The van der Waals surface area contributed by atoms with E-state index in [1.165, 1.54) is 0 Å². The minimum atomic E-state index is -0.963. The lowest BCUT2D eigenvalue weighted by Gasteiger charge is -2.30. The van der Waals surface area contributed by atoms with Gasteiger partial charge in [0, 0.05) is 6.00 Å². The van der Waals surface area contributed by atoms with Gasteiger partial charge in [0.1, 0.15) is 26.2 Å². The molecule has 0 bridgehead atoms. The Morgan fingerprint density at radius 2 is 2.10 bits per heavy atom. The molecule has 1 fully saturated rings. The third-order valence-corrected chi connectivity index (χ3v) is 3.20. The first kappa shape index (κ1) is 19.0. The molecule has 2 N–H and O–H groups in total. The van der Waals surface area contributed by atoms with E-state index in [1.807, 2.05) is 20.8 Å². The molecule has 5 atom stereocenters. The highest BCUT2D eigenvalue weighted by atomic mass is 16.6. The normalized spacial score (nSPS) is 31.3. The van der Waals surface area contributed by atoms with Crippen LogP contribution in [0.1, 0.15) is 20.8 Å². The average molecular weight is 295 g/mol. The first-order valence-corrected chi connectivity index (χ1v) is 6.95. The molecule has 0 aliphatic carbocycles. The predicted octanol–water partition coefficient (Wildman–Crippen LogP) is -1.48. The Bertz CT molecular complexity index is 307. The van der Waals surface area contributed by atoms with Crippen LogP contribution in [0.5, 0.6) is 0 Å². The van der Waals surface area contributed by atoms with Gasteiger partial charge in [0.05, 0.1) is 39.3 Å². The fourth-order valence-electron chi connectivity index (χ4n) is 1.97. The molecule has 0 spiro atoms. The minimum Gasteiger partial charge on any atom is -0.447 e. The number of hydrogen-bond donors (Lipinski definition) is 2. The summed E-state index contributed by atoms with van der Waals surface area (Å²) in [5, 5.41) is 19.0. The van der Waals surface area contributed by atoms with E-state index in [-0.39, 0.29) is 19.3 Å². The number of aliphatic hydroxyl groups is 2. The van der Waals surface area contributed by atoms with Gasteiger partial charge in [-0.15, -0.1) is 0 Å². The first-order chi connectivity index (χ1) is 9.80. The van der Waals surface area contributed by atoms with E-state index >= 15 is 0 Å². The quantitative estimate of drug-likeness (QED) is 0.505. The van der Waals surface area contributed by atoms with Gasteiger partial charge in [-0.1, -0.05) is 0 Å². The molecule has 1 rings (SSSR count). The molecule has 1 aliphatic heterocycles. The standard InChI is InChI=1S/C12H22B3O6/c1-7(21-15-14)5-19-12(2,3)6-18-10-9(17)8(4-16)20-11(10)13/h7-11,16-17H,4-6H2,1-3H3. The van der Waals surface area contributed by atoms with Crippen molar-refractivity contribution in [2.24, 2.45) is 0 Å². The summed E-state index contributed by atoms with van der Waals surface area (Å²) in [6, 6.07) is -0.776. The number of rotatable bonds is 9. The predicted molar refractivity (Wildman–Crippen MR) is 79.3 cm³/mol. The van der Waals surface area contributed by atoms with Gasteiger partial charge in [0.25, 0.3) is 0 Å². The second-order valence-electron chi connectivity index (χ2n) is 5.74. The molecule has 115 valence electrons. The lowest BCUT2D eigenvalue weighted by atomic mass is 9.72. The highest BCUT2D eigenvalue weighted by Crippen LogP contribution is 2.23. The SMILES string of the molecule is [B][B]OC(C)COC(C)(C)COC1C([B])OC(CO)C1O. The van der Waals surface area contributed by atoms with Crippen molar-refractivity contribution in [3.8, 4) is 0 Å². The van der Waals surface area contributed by atoms with E-state index in [9.17, 15) is 5.11 Å². The fourth-order valence-corrected chi connectivity index (χ4v) is 1.97. The van der Waals surface area contributed by atoms with Gasteiger partial charge in [-0.25, -0.2) is 0 Å². The van der Waals surface area contributed by atoms with E-state index in [0.29, 0.717) is 6.61 Å². The molecule has 9 heteroatoms. The smallest absolute Gasteiger partial charge is 0.230 e. The van der Waals surface area contributed by atoms with Crippen molar-refractivity contribution in [2.45, 2.75) is 56.8 Å². The van der Waals surface area contributed by atoms with Crippen molar-refractivity contribution >= 4 is 23.0 Å². The van der Waals surface area contributed by atoms with Crippen LogP contribution in [0.3, 0.4) is 0 Å². The molecule has 0 aromatic rings. The molecule has 0 amide bonds. The maximum Gasteiger partial charge on any atom is 0.230 e. The Kier molecular flexibility index (Phi) is 7.74. The number of hydrogen-bond acceptors (Lipinski definition) is 6. The van der Waals surface area contributed by atoms with E-state index in [1.54, 1.807) is 0 Å². The zero-order chi connectivity index (χ0) is 16.0. The zero-order valence-electron chi connectivity index (χ0n) is 12.8. The van der Waals surface area contributed by atoms with Crippen LogP contribution in [-0.4, -0.2) is 89.0 Å². The van der Waals surface area contributed by atoms with Gasteiger partial charge in [0.15, 0.2) is 0 Å². The third kappa shape index (κ3) is 5.92. The molecule has 21 heavy (non-hydrogen) atoms. The Morgan fingerprint density at radius 3 is 2.62 bits per heavy atom. The van der Waals surface area contributed by atoms with Crippen molar-refractivity contribution < 1.29 is 29.1 Å². The summed E-state index contributed by atoms with van der Waals surface area (Å²) in [5.41, 5.74) is -0.594. The molecule has 1 saturated heterocycles. The van der Waals surface area contributed by atoms with Crippen LogP contribution in [0.2, 0.25) is 0 Å². The summed E-state index contributed by atoms with van der Waals surface area (Å²) in [6.07, 6.45) is -2.55. The summed E-state index contributed by atoms with van der Waals surface area (Å²) in [6.45, 7) is 5.78. The maximum absolute atomic E-state index is 9.94. The van der Waals surface area contributed by atoms with E-state index in [4.69, 9.17) is 39.6 Å². The summed E-state index contributed by atoms with van der Waals surface area (Å²) < 4.78 is 21.6. The molecular weight excluding hydrogens is 273 g/mol. The van der Waals surface area contributed by atoms with Crippen molar-refractivity contribution in [1.29, 1.82) is 0 Å². The Morgan fingerprint density at radius 1 is 1.43 bits per heavy atom. The van der Waals surface area contributed by atoms with Crippen molar-refractivity contribution in [1.82, 2.24) is 0 Å². The minimum absolute atomic E-state index is 0.171. The van der Waals surface area contributed by atoms with E-state index in [2.05, 4.69) is 0 Å². The Balaban J connectivity index is 2.38. The largest absolute Gasteiger partial charge is 0.447 e. The van der Waals surface area contributed by atoms with Crippen LogP contribution in [0, 0.1) is 0 Å². The van der Waals surface area contributed by atoms with Crippen molar-refractivity contribution in [3.63, 3.8) is 0 Å². The Hall–Kier alpha value is -0.0452. The van der Waals surface area contributed by atoms with Crippen molar-refractivity contribution in [3.05, 3.63) is 0 Å². The lowest BCUT2D eigenvalue weighted by Crippen LogP contribution is -2.42. The zero-order valence-corrected chi connectivity index (χ0v) is 12.8. The number of aliphatic hydroxyl groups excluding tert-OH is 2. The van der Waals surface area contributed by atoms with Crippen LogP contribution >= 0.6 is 0 Å². The molecule has 5 unspecified atom stereocenters. The topological polar surface area (TPSA) is 77.4 Å². The fraction of sp³-hybridized carbons (Fsp3) is 1.00. The number of ether oxygens (including phenoxy) is 3. The molecule has 5 radical (unpaired) electrons. The molecule has 6 nitrogen and oxygen atoms in total. The van der Waals surface area contributed by atoms with Crippen LogP contribution in [0.25, 0.3) is 0 Å². The third-order valence-electron chi connectivity index (χ3n) is 3.20. The van der Waals surface area contributed by atoms with Crippen LogP contribution in [0.4, 0.5) is 0 Å². The lowest BCUT2D eigenvalue weighted by molar-refractivity contribution is -0.122. The van der Waals surface area contributed by atoms with Gasteiger partial charge < -0.3 is 29.1 Å². The maximum atomic E-state index is 9.94. The summed E-state index contributed by atoms with van der Waals surface area (Å²) in [5.74, 6) is 0. The highest BCUT2D eigenvalue weighted by molar-refractivity contribution is 6.85. The van der Waals surface area contributed by atoms with Crippen LogP contribution < -0.4 is 0 Å². The monoisotopic (exact) mass is 295 g/mol. The second-order valence-corrected chi connectivity index (χ2v) is 5.74. The van der Waals surface area contributed by atoms with Gasteiger partial charge in [-0.05, 0) is 20.8 Å². The van der Waals surface area contributed by atoms with Crippen LogP contribution in [0.15, 0.2) is 0 Å². The summed E-state index contributed by atoms with van der Waals surface area (Å²) >= 11 is 0. The second kappa shape index (κ2) is 8.55.